The van der Waals surface area contributed by atoms with Crippen LogP contribution in [0.4, 0.5) is 0 Å². The van der Waals surface area contributed by atoms with E-state index in [0.717, 1.165) is 24.5 Å². The van der Waals surface area contributed by atoms with Crippen molar-refractivity contribution in [2.24, 2.45) is 5.92 Å². The molecule has 0 aliphatic carbocycles. The van der Waals surface area contributed by atoms with Crippen LogP contribution in [-0.2, 0) is 0 Å². The van der Waals surface area contributed by atoms with Crippen molar-refractivity contribution in [1.29, 1.82) is 0 Å². The lowest BCUT2D eigenvalue weighted by Gasteiger charge is -2.18. The highest BCUT2D eigenvalue weighted by Gasteiger charge is 2.29. The molecular formula is C15H17N3O. The Morgan fingerprint density at radius 2 is 2.16 bits per heavy atom. The number of hydrogen-bond donors (Lipinski definition) is 1. The summed E-state index contributed by atoms with van der Waals surface area (Å²) in [5, 5.41) is 3.42. The highest BCUT2D eigenvalue weighted by atomic mass is 16.5. The van der Waals surface area contributed by atoms with Crippen molar-refractivity contribution in [2.45, 2.75) is 5.92 Å². The second-order valence-electron chi connectivity index (χ2n) is 4.78. The lowest BCUT2D eigenvalue weighted by atomic mass is 9.93. The van der Waals surface area contributed by atoms with Crippen LogP contribution in [-0.4, -0.2) is 29.7 Å². The van der Waals surface area contributed by atoms with E-state index in [2.05, 4.69) is 21.4 Å². The molecule has 2 atom stereocenters. The van der Waals surface area contributed by atoms with Crippen molar-refractivity contribution in [3.05, 3.63) is 54.6 Å². The number of nitrogens with one attached hydrogen (secondary N) is 1. The molecule has 4 heteroatoms. The van der Waals surface area contributed by atoms with Gasteiger partial charge in [-0.3, -0.25) is 9.97 Å². The average molecular weight is 255 g/mol. The van der Waals surface area contributed by atoms with Crippen LogP contribution in [0.3, 0.4) is 0 Å². The first-order valence-electron chi connectivity index (χ1n) is 6.58. The van der Waals surface area contributed by atoms with Gasteiger partial charge in [0.1, 0.15) is 5.75 Å². The first-order valence-corrected chi connectivity index (χ1v) is 6.58. The Balaban J connectivity index is 1.64. The summed E-state index contributed by atoms with van der Waals surface area (Å²) in [5.74, 6) is 1.71. The topological polar surface area (TPSA) is 47.0 Å². The van der Waals surface area contributed by atoms with Gasteiger partial charge in [-0.05, 0) is 24.3 Å². The molecule has 0 aromatic carbocycles. The first kappa shape index (κ1) is 12.1. The fourth-order valence-corrected chi connectivity index (χ4v) is 2.49. The second kappa shape index (κ2) is 5.80. The van der Waals surface area contributed by atoms with Crippen LogP contribution in [0.15, 0.2) is 48.9 Å². The van der Waals surface area contributed by atoms with Crippen molar-refractivity contribution in [3.63, 3.8) is 0 Å². The predicted octanol–water partition coefficient (Wildman–Crippen LogP) is 1.86. The third kappa shape index (κ3) is 2.90. The van der Waals surface area contributed by atoms with Crippen LogP contribution in [0.1, 0.15) is 11.6 Å². The van der Waals surface area contributed by atoms with E-state index in [-0.39, 0.29) is 0 Å². The molecular weight excluding hydrogens is 238 g/mol. The van der Waals surface area contributed by atoms with E-state index >= 15 is 0 Å². The van der Waals surface area contributed by atoms with Gasteiger partial charge in [0, 0.05) is 43.0 Å². The van der Waals surface area contributed by atoms with Crippen molar-refractivity contribution in [2.75, 3.05) is 19.7 Å². The molecule has 3 heterocycles. The van der Waals surface area contributed by atoms with Gasteiger partial charge >= 0.3 is 0 Å². The Hall–Kier alpha value is -1.94. The molecule has 0 amide bonds. The predicted molar refractivity (Wildman–Crippen MR) is 73.1 cm³/mol. The number of nitrogens with zero attached hydrogens (tertiary/aromatic N) is 2. The number of ether oxygens (including phenoxy) is 1. The molecule has 19 heavy (non-hydrogen) atoms. The molecule has 1 N–H and O–H groups in total. The summed E-state index contributed by atoms with van der Waals surface area (Å²) in [6, 6.07) is 9.91. The number of rotatable bonds is 4. The second-order valence-corrected chi connectivity index (χ2v) is 4.78. The molecule has 0 spiro atoms. The molecule has 1 fully saturated rings. The minimum absolute atomic E-state index is 0.429. The monoisotopic (exact) mass is 255 g/mol. The van der Waals surface area contributed by atoms with Crippen molar-refractivity contribution >= 4 is 0 Å². The quantitative estimate of drug-likeness (QED) is 0.906. The first-order chi connectivity index (χ1) is 9.43. The minimum atomic E-state index is 0.429. The number of aromatic nitrogens is 2. The maximum Gasteiger partial charge on any atom is 0.137 e. The number of hydrogen-bond acceptors (Lipinski definition) is 4. The SMILES string of the molecule is c1ccc(C2CNCC2COc2cccnc2)nc1. The average Bonchev–Trinajstić information content (AvgIpc) is 2.95. The maximum atomic E-state index is 5.81. The van der Waals surface area contributed by atoms with E-state index in [0.29, 0.717) is 18.4 Å². The van der Waals surface area contributed by atoms with Crippen LogP contribution in [0.25, 0.3) is 0 Å². The lowest BCUT2D eigenvalue weighted by molar-refractivity contribution is 0.246. The molecule has 3 rings (SSSR count). The van der Waals surface area contributed by atoms with Gasteiger partial charge in [0.2, 0.25) is 0 Å². The third-order valence-corrected chi connectivity index (χ3v) is 3.51. The van der Waals surface area contributed by atoms with E-state index < -0.39 is 0 Å². The molecule has 2 aromatic heterocycles. The Bertz CT molecular complexity index is 503. The Labute approximate surface area is 112 Å². The van der Waals surface area contributed by atoms with Gasteiger partial charge in [0.05, 0.1) is 12.8 Å². The summed E-state index contributed by atoms with van der Waals surface area (Å²) in [4.78, 5) is 8.51. The maximum absolute atomic E-state index is 5.81. The zero-order chi connectivity index (χ0) is 12.9. The van der Waals surface area contributed by atoms with Crippen LogP contribution < -0.4 is 10.1 Å². The van der Waals surface area contributed by atoms with Gasteiger partial charge in [0.15, 0.2) is 0 Å². The van der Waals surface area contributed by atoms with Crippen LogP contribution in [0.5, 0.6) is 5.75 Å². The summed E-state index contributed by atoms with van der Waals surface area (Å²) in [6.07, 6.45) is 5.35. The molecule has 98 valence electrons. The molecule has 2 unspecified atom stereocenters. The molecule has 0 bridgehead atoms. The normalized spacial score (nSPS) is 22.3. The van der Waals surface area contributed by atoms with E-state index in [4.69, 9.17) is 4.74 Å². The zero-order valence-corrected chi connectivity index (χ0v) is 10.7. The van der Waals surface area contributed by atoms with Gasteiger partial charge in [-0.25, -0.2) is 0 Å². The lowest BCUT2D eigenvalue weighted by Crippen LogP contribution is -2.20. The molecule has 1 aliphatic rings. The van der Waals surface area contributed by atoms with Crippen LogP contribution in [0, 0.1) is 5.92 Å². The summed E-state index contributed by atoms with van der Waals surface area (Å²) in [7, 11) is 0. The highest BCUT2D eigenvalue weighted by Crippen LogP contribution is 2.27. The van der Waals surface area contributed by atoms with Gasteiger partial charge in [-0.1, -0.05) is 6.07 Å². The summed E-state index contributed by atoms with van der Waals surface area (Å²) >= 11 is 0. The zero-order valence-electron chi connectivity index (χ0n) is 10.7. The standard InChI is InChI=1S/C15H17N3O/c1-2-7-18-15(5-1)14-10-17-8-12(14)11-19-13-4-3-6-16-9-13/h1-7,9,12,14,17H,8,10-11H2. The number of pyridine rings is 2. The molecule has 2 aromatic rings. The fraction of sp³-hybridized carbons (Fsp3) is 0.333. The van der Waals surface area contributed by atoms with Crippen molar-refractivity contribution in [1.82, 2.24) is 15.3 Å². The fourth-order valence-electron chi connectivity index (χ4n) is 2.49. The smallest absolute Gasteiger partial charge is 0.137 e. The third-order valence-electron chi connectivity index (χ3n) is 3.51. The Kier molecular flexibility index (Phi) is 3.70. The largest absolute Gasteiger partial charge is 0.492 e. The van der Waals surface area contributed by atoms with Gasteiger partial charge in [-0.15, -0.1) is 0 Å². The van der Waals surface area contributed by atoms with Crippen molar-refractivity contribution in [3.8, 4) is 5.75 Å². The van der Waals surface area contributed by atoms with Crippen molar-refractivity contribution < 1.29 is 4.74 Å². The summed E-state index contributed by atoms with van der Waals surface area (Å²) < 4.78 is 5.81. The summed E-state index contributed by atoms with van der Waals surface area (Å²) in [5.41, 5.74) is 1.15. The molecule has 1 saturated heterocycles. The minimum Gasteiger partial charge on any atom is -0.492 e. The van der Waals surface area contributed by atoms with Gasteiger partial charge < -0.3 is 10.1 Å². The van der Waals surface area contributed by atoms with Gasteiger partial charge in [-0.2, -0.15) is 0 Å². The molecule has 0 radical (unpaired) electrons. The summed E-state index contributed by atoms with van der Waals surface area (Å²) in [6.45, 7) is 2.64. The Morgan fingerprint density at radius 1 is 1.16 bits per heavy atom. The van der Waals surface area contributed by atoms with Crippen LogP contribution in [0.2, 0.25) is 0 Å². The van der Waals surface area contributed by atoms with E-state index in [9.17, 15) is 0 Å². The highest BCUT2D eigenvalue weighted by molar-refractivity contribution is 5.17. The van der Waals surface area contributed by atoms with E-state index in [1.54, 1.807) is 12.4 Å². The molecule has 4 nitrogen and oxygen atoms in total. The molecule has 1 aliphatic heterocycles. The molecule has 0 saturated carbocycles. The van der Waals surface area contributed by atoms with Gasteiger partial charge in [0.25, 0.3) is 0 Å². The van der Waals surface area contributed by atoms with E-state index in [1.807, 2.05) is 30.5 Å². The Morgan fingerprint density at radius 3 is 2.95 bits per heavy atom. The van der Waals surface area contributed by atoms with Crippen LogP contribution >= 0.6 is 0 Å². The van der Waals surface area contributed by atoms with E-state index in [1.165, 1.54) is 0 Å².